The standard InChI is InChI=1S/C6H9NO.C4H7NO.C3H6/c1-2-7-5-3-4-6(7)8;1-3-5-4(2)6;1-3-2/h2H,1,3-5H2;3H,1H2,2H3,(H,5,6);3H,1H2,2H3. The van der Waals surface area contributed by atoms with E-state index in [1.54, 1.807) is 17.2 Å². The summed E-state index contributed by atoms with van der Waals surface area (Å²) < 4.78 is 0. The van der Waals surface area contributed by atoms with Gasteiger partial charge in [0.05, 0.1) is 0 Å². The van der Waals surface area contributed by atoms with E-state index in [-0.39, 0.29) is 11.8 Å². The van der Waals surface area contributed by atoms with Gasteiger partial charge in [-0.2, -0.15) is 0 Å². The maximum atomic E-state index is 10.7. The zero-order chi connectivity index (χ0) is 13.7. The molecule has 0 bridgehead atoms. The van der Waals surface area contributed by atoms with Crippen LogP contribution in [-0.4, -0.2) is 23.3 Å². The molecule has 1 heterocycles. The van der Waals surface area contributed by atoms with Crippen molar-refractivity contribution in [1.82, 2.24) is 10.2 Å². The lowest BCUT2D eigenvalue weighted by Gasteiger charge is -2.05. The monoisotopic (exact) mass is 238 g/mol. The van der Waals surface area contributed by atoms with Gasteiger partial charge in [-0.3, -0.25) is 9.59 Å². The molecule has 2 amide bonds. The first kappa shape index (κ1) is 17.6. The highest BCUT2D eigenvalue weighted by Crippen LogP contribution is 2.08. The molecule has 1 rings (SSSR count). The average Bonchev–Trinajstić information content (AvgIpc) is 2.65. The number of nitrogens with zero attached hydrogens (tertiary/aromatic N) is 1. The van der Waals surface area contributed by atoms with Gasteiger partial charge in [-0.25, -0.2) is 0 Å². The smallest absolute Gasteiger partial charge is 0.226 e. The van der Waals surface area contributed by atoms with E-state index < -0.39 is 0 Å². The van der Waals surface area contributed by atoms with Crippen LogP contribution in [0.1, 0.15) is 26.7 Å². The van der Waals surface area contributed by atoms with Crippen LogP contribution < -0.4 is 5.32 Å². The van der Waals surface area contributed by atoms with Crippen LogP contribution in [0.25, 0.3) is 0 Å². The van der Waals surface area contributed by atoms with Gasteiger partial charge < -0.3 is 10.2 Å². The van der Waals surface area contributed by atoms with Crippen molar-refractivity contribution in [2.45, 2.75) is 26.7 Å². The first-order valence-corrected chi connectivity index (χ1v) is 5.40. The van der Waals surface area contributed by atoms with Gasteiger partial charge in [-0.1, -0.05) is 19.2 Å². The number of hydrogen-bond acceptors (Lipinski definition) is 2. The molecule has 0 aromatic heterocycles. The Morgan fingerprint density at radius 3 is 2.06 bits per heavy atom. The molecule has 0 unspecified atom stereocenters. The number of rotatable bonds is 2. The number of hydrogen-bond donors (Lipinski definition) is 1. The zero-order valence-corrected chi connectivity index (χ0v) is 10.7. The van der Waals surface area contributed by atoms with Crippen molar-refractivity contribution in [2.24, 2.45) is 0 Å². The van der Waals surface area contributed by atoms with Crippen LogP contribution in [0.4, 0.5) is 0 Å². The molecule has 1 fully saturated rings. The summed E-state index contributed by atoms with van der Waals surface area (Å²) in [6, 6.07) is 0. The zero-order valence-electron chi connectivity index (χ0n) is 10.7. The molecule has 0 atom stereocenters. The molecule has 0 aromatic rings. The Labute approximate surface area is 104 Å². The van der Waals surface area contributed by atoms with Crippen molar-refractivity contribution in [3.05, 3.63) is 38.2 Å². The molecular weight excluding hydrogens is 216 g/mol. The first-order valence-electron chi connectivity index (χ1n) is 5.40. The minimum absolute atomic E-state index is 0.0787. The van der Waals surface area contributed by atoms with E-state index in [0.29, 0.717) is 6.42 Å². The van der Waals surface area contributed by atoms with Crippen LogP contribution in [0.5, 0.6) is 0 Å². The van der Waals surface area contributed by atoms with E-state index in [1.165, 1.54) is 13.1 Å². The lowest BCUT2D eigenvalue weighted by molar-refractivity contribution is -0.125. The van der Waals surface area contributed by atoms with Crippen LogP contribution >= 0.6 is 0 Å². The lowest BCUT2D eigenvalue weighted by Crippen LogP contribution is -2.16. The molecule has 0 spiro atoms. The van der Waals surface area contributed by atoms with Crippen molar-refractivity contribution in [1.29, 1.82) is 0 Å². The third-order valence-corrected chi connectivity index (χ3v) is 1.64. The van der Waals surface area contributed by atoms with E-state index >= 15 is 0 Å². The van der Waals surface area contributed by atoms with Crippen LogP contribution in [0.3, 0.4) is 0 Å². The molecule has 1 aliphatic rings. The summed E-state index contributed by atoms with van der Waals surface area (Å²) >= 11 is 0. The second-order valence-corrected chi connectivity index (χ2v) is 3.19. The quantitative estimate of drug-likeness (QED) is 0.750. The number of amides is 2. The number of carbonyl (C=O) groups is 2. The number of nitrogens with one attached hydrogen (secondary N) is 1. The Bertz CT molecular complexity index is 273. The third-order valence-electron chi connectivity index (χ3n) is 1.64. The maximum Gasteiger partial charge on any atom is 0.226 e. The molecule has 4 nitrogen and oxygen atoms in total. The van der Waals surface area contributed by atoms with Gasteiger partial charge in [0.15, 0.2) is 0 Å². The van der Waals surface area contributed by atoms with E-state index in [2.05, 4.69) is 25.1 Å². The van der Waals surface area contributed by atoms with Gasteiger partial charge in [0.1, 0.15) is 0 Å². The van der Waals surface area contributed by atoms with Gasteiger partial charge in [0, 0.05) is 19.9 Å². The van der Waals surface area contributed by atoms with Gasteiger partial charge in [0.25, 0.3) is 0 Å². The molecule has 1 saturated heterocycles. The van der Waals surface area contributed by atoms with Crippen LogP contribution in [0.2, 0.25) is 0 Å². The van der Waals surface area contributed by atoms with Crippen LogP contribution in [0.15, 0.2) is 38.2 Å². The molecule has 17 heavy (non-hydrogen) atoms. The Morgan fingerprint density at radius 1 is 1.41 bits per heavy atom. The van der Waals surface area contributed by atoms with Gasteiger partial charge >= 0.3 is 0 Å². The van der Waals surface area contributed by atoms with Crippen molar-refractivity contribution < 1.29 is 9.59 Å². The SMILES string of the molecule is C=CC.C=CN1CCCC1=O.C=CNC(C)=O. The summed E-state index contributed by atoms with van der Waals surface area (Å²) in [5.74, 6) is 0.130. The number of carbonyl (C=O) groups excluding carboxylic acids is 2. The Kier molecular flexibility index (Phi) is 12.6. The normalized spacial score (nSPS) is 12.4. The van der Waals surface area contributed by atoms with Gasteiger partial charge in [-0.05, 0) is 25.7 Å². The van der Waals surface area contributed by atoms with E-state index in [9.17, 15) is 9.59 Å². The fourth-order valence-corrected chi connectivity index (χ4v) is 1.01. The van der Waals surface area contributed by atoms with Crippen molar-refractivity contribution in [3.8, 4) is 0 Å². The van der Waals surface area contributed by atoms with E-state index in [0.717, 1.165) is 13.0 Å². The Balaban J connectivity index is 0. The number of likely N-dealkylation sites (tertiary alicyclic amines) is 1. The van der Waals surface area contributed by atoms with E-state index in [4.69, 9.17) is 0 Å². The summed E-state index contributed by atoms with van der Waals surface area (Å²) in [4.78, 5) is 22.2. The third kappa shape index (κ3) is 12.1. The lowest BCUT2D eigenvalue weighted by atomic mass is 10.4. The van der Waals surface area contributed by atoms with Crippen LogP contribution in [-0.2, 0) is 9.59 Å². The molecule has 0 saturated carbocycles. The number of allylic oxidation sites excluding steroid dienone is 1. The highest BCUT2D eigenvalue weighted by Gasteiger charge is 2.15. The molecule has 1 N–H and O–H groups in total. The minimum Gasteiger partial charge on any atom is -0.334 e. The summed E-state index contributed by atoms with van der Waals surface area (Å²) in [7, 11) is 0. The Morgan fingerprint density at radius 2 is 1.94 bits per heavy atom. The molecule has 0 aliphatic carbocycles. The second-order valence-electron chi connectivity index (χ2n) is 3.19. The average molecular weight is 238 g/mol. The first-order chi connectivity index (χ1) is 8.03. The predicted molar refractivity (Wildman–Crippen MR) is 71.0 cm³/mol. The Hall–Kier alpha value is -1.84. The predicted octanol–water partition coefficient (Wildman–Crippen LogP) is 2.21. The fourth-order valence-electron chi connectivity index (χ4n) is 1.01. The molecule has 0 aromatic carbocycles. The maximum absolute atomic E-state index is 10.7. The molecule has 0 radical (unpaired) electrons. The fraction of sp³-hybridized carbons (Fsp3) is 0.385. The van der Waals surface area contributed by atoms with E-state index in [1.807, 2.05) is 6.92 Å². The molecule has 1 aliphatic heterocycles. The van der Waals surface area contributed by atoms with Crippen molar-refractivity contribution in [3.63, 3.8) is 0 Å². The topological polar surface area (TPSA) is 49.4 Å². The summed E-state index contributed by atoms with van der Waals surface area (Å²) in [5.41, 5.74) is 0. The molecule has 4 heteroatoms. The summed E-state index contributed by atoms with van der Waals surface area (Å²) in [5, 5.41) is 2.33. The highest BCUT2D eigenvalue weighted by atomic mass is 16.2. The summed E-state index contributed by atoms with van der Waals surface area (Å²) in [6.07, 6.45) is 6.38. The highest BCUT2D eigenvalue weighted by molar-refractivity contribution is 5.78. The van der Waals surface area contributed by atoms with Gasteiger partial charge in [0.2, 0.25) is 11.8 Å². The van der Waals surface area contributed by atoms with Crippen molar-refractivity contribution in [2.75, 3.05) is 6.54 Å². The molecular formula is C13H22N2O2. The van der Waals surface area contributed by atoms with Gasteiger partial charge in [-0.15, -0.1) is 6.58 Å². The second kappa shape index (κ2) is 12.2. The largest absolute Gasteiger partial charge is 0.334 e. The van der Waals surface area contributed by atoms with Crippen LogP contribution in [0, 0.1) is 0 Å². The molecule has 96 valence electrons. The summed E-state index contributed by atoms with van der Waals surface area (Å²) in [6.45, 7) is 14.3. The van der Waals surface area contributed by atoms with Crippen molar-refractivity contribution >= 4 is 11.8 Å². The minimum atomic E-state index is -0.0787.